The van der Waals surface area contributed by atoms with Crippen LogP contribution in [0.15, 0.2) is 0 Å². The van der Waals surface area contributed by atoms with E-state index in [1.807, 2.05) is 0 Å². The molecule has 0 aliphatic rings. The van der Waals surface area contributed by atoms with Crippen LogP contribution in [-0.4, -0.2) is 60.5 Å². The van der Waals surface area contributed by atoms with Crippen LogP contribution in [0.3, 0.4) is 0 Å². The molecule has 0 aromatic heterocycles. The molecule has 0 radical (unpaired) electrons. The molecule has 0 saturated heterocycles. The average Bonchev–Trinajstić information content (AvgIpc) is 2.58. The third-order valence-electron chi connectivity index (χ3n) is 3.43. The van der Waals surface area contributed by atoms with Gasteiger partial charge in [-0.2, -0.15) is 61.5 Å². The molecule has 0 aromatic carbocycles. The van der Waals surface area contributed by atoms with Crippen molar-refractivity contribution in [3.05, 3.63) is 0 Å². The molecule has 0 amide bonds. The van der Waals surface area contributed by atoms with Gasteiger partial charge >= 0.3 is 53.9 Å². The minimum atomic E-state index is -8.45. The van der Waals surface area contributed by atoms with Crippen LogP contribution in [0.5, 0.6) is 0 Å². The molecule has 0 heterocycles. The molecule has 0 aliphatic heterocycles. The van der Waals surface area contributed by atoms with E-state index in [9.17, 15) is 75.0 Å². The normalized spacial score (nSPS) is 15.5. The Morgan fingerprint density at radius 1 is 0.667 bits per heavy atom. The Kier molecular flexibility index (Phi) is 7.37. The molecule has 0 unspecified atom stereocenters. The Bertz CT molecular complexity index is 626. The Labute approximate surface area is 155 Å². The van der Waals surface area contributed by atoms with Gasteiger partial charge in [-0.1, -0.05) is 6.92 Å². The van der Waals surface area contributed by atoms with Crippen LogP contribution < -0.4 is 0 Å². The molecule has 2 nitrogen and oxygen atoms in total. The number of esters is 1. The van der Waals surface area contributed by atoms with Crippen molar-refractivity contribution in [1.29, 1.82) is 0 Å². The van der Waals surface area contributed by atoms with Gasteiger partial charge in [-0.05, 0) is 0 Å². The number of hydrogen-bond donors (Lipinski definition) is 0. The summed E-state index contributed by atoms with van der Waals surface area (Å²) in [5.74, 6) is -56.9. The molecule has 0 fully saturated rings. The Morgan fingerprint density at radius 3 is 1.33 bits per heavy atom. The molecule has 0 saturated carbocycles. The minimum absolute atomic E-state index is 0.840. The van der Waals surface area contributed by atoms with E-state index in [0.29, 0.717) is 0 Å². The van der Waals surface area contributed by atoms with Gasteiger partial charge in [0.05, 0.1) is 0 Å². The number of alkyl halides is 16. The highest BCUT2D eigenvalue weighted by Crippen LogP contribution is 2.62. The van der Waals surface area contributed by atoms with Crippen molar-refractivity contribution < 1.29 is 79.8 Å². The highest BCUT2D eigenvalue weighted by molar-refractivity contribution is 5.68. The summed E-state index contributed by atoms with van der Waals surface area (Å²) in [4.78, 5) is 10.6. The maximum atomic E-state index is 13.3. The Hall–Kier alpha value is -1.65. The predicted molar refractivity (Wildman–Crippen MR) is 61.9 cm³/mol. The monoisotopic (exact) mass is 488 g/mol. The quantitative estimate of drug-likeness (QED) is 0.294. The summed E-state index contributed by atoms with van der Waals surface area (Å²) in [5, 5.41) is 0. The second kappa shape index (κ2) is 7.80. The van der Waals surface area contributed by atoms with Crippen LogP contribution >= 0.6 is 0 Å². The number of hydrogen-bond acceptors (Lipinski definition) is 2. The van der Waals surface area contributed by atoms with E-state index in [2.05, 4.69) is 4.74 Å². The van der Waals surface area contributed by atoms with Gasteiger partial charge in [0.15, 0.2) is 6.61 Å². The summed E-state index contributed by atoms with van der Waals surface area (Å²) >= 11 is 0. The van der Waals surface area contributed by atoms with E-state index < -0.39 is 66.9 Å². The summed E-state index contributed by atoms with van der Waals surface area (Å²) in [7, 11) is 0. The molecule has 0 rings (SSSR count). The zero-order valence-electron chi connectivity index (χ0n) is 13.9. The number of halogens is 16. The van der Waals surface area contributed by atoms with Gasteiger partial charge in [-0.25, -0.2) is 8.78 Å². The van der Waals surface area contributed by atoms with Gasteiger partial charge in [0.1, 0.15) is 0 Å². The summed E-state index contributed by atoms with van der Waals surface area (Å²) in [6, 6.07) is 0. The molecule has 0 spiro atoms. The lowest BCUT2D eigenvalue weighted by atomic mass is 9.89. The van der Waals surface area contributed by atoms with Crippen LogP contribution in [0.25, 0.3) is 0 Å². The maximum absolute atomic E-state index is 13.3. The summed E-state index contributed by atoms with van der Waals surface area (Å²) in [5.41, 5.74) is 0. The van der Waals surface area contributed by atoms with Gasteiger partial charge in [0.2, 0.25) is 0 Å². The Balaban J connectivity index is 6.42. The molecule has 18 heteroatoms. The molecular weight excluding hydrogens is 480 g/mol. The largest absolute Gasteiger partial charge is 0.459 e. The molecule has 0 atom stereocenters. The number of rotatable bonds is 10. The second-order valence-electron chi connectivity index (χ2n) is 5.51. The fourth-order valence-corrected chi connectivity index (χ4v) is 1.53. The first-order chi connectivity index (χ1) is 12.9. The number of carbonyl (C=O) groups is 1. The predicted octanol–water partition coefficient (Wildman–Crippen LogP) is 5.65. The third kappa shape index (κ3) is 3.85. The average molecular weight is 488 g/mol. The van der Waals surface area contributed by atoms with Crippen molar-refractivity contribution in [1.82, 2.24) is 0 Å². The standard InChI is InChI=1S/C12H8F16O2/c1-2-4(29)30-3-6(15,16)8(19,20)10(23,24)12(27,28)11(25,26)9(21,22)7(17,18)5(13)14/h5H,2-3H2,1H3. The molecule has 0 N–H and O–H groups in total. The van der Waals surface area contributed by atoms with Crippen molar-refractivity contribution in [3.63, 3.8) is 0 Å². The van der Waals surface area contributed by atoms with Crippen LogP contribution in [0.4, 0.5) is 70.2 Å². The number of carbonyl (C=O) groups excluding carboxylic acids is 1. The van der Waals surface area contributed by atoms with Crippen LogP contribution in [-0.2, 0) is 9.53 Å². The molecule has 0 bridgehead atoms. The molecule has 0 aromatic rings. The first-order valence-corrected chi connectivity index (χ1v) is 6.98. The van der Waals surface area contributed by atoms with E-state index in [4.69, 9.17) is 0 Å². The molecule has 0 aliphatic carbocycles. The van der Waals surface area contributed by atoms with Crippen molar-refractivity contribution in [2.75, 3.05) is 6.61 Å². The minimum Gasteiger partial charge on any atom is -0.459 e. The van der Waals surface area contributed by atoms with E-state index in [-0.39, 0.29) is 0 Å². The first-order valence-electron chi connectivity index (χ1n) is 6.98. The van der Waals surface area contributed by atoms with Gasteiger partial charge < -0.3 is 4.74 Å². The van der Waals surface area contributed by atoms with E-state index in [1.165, 1.54) is 0 Å². The zero-order valence-corrected chi connectivity index (χ0v) is 13.9. The topological polar surface area (TPSA) is 26.3 Å². The summed E-state index contributed by atoms with van der Waals surface area (Å²) in [6.07, 6.45) is -6.75. The first kappa shape index (κ1) is 28.3. The van der Waals surface area contributed by atoms with Crippen LogP contribution in [0, 0.1) is 0 Å². The molecular formula is C12H8F16O2. The van der Waals surface area contributed by atoms with Gasteiger partial charge in [-0.3, -0.25) is 4.79 Å². The second-order valence-corrected chi connectivity index (χ2v) is 5.51. The van der Waals surface area contributed by atoms with Crippen molar-refractivity contribution in [2.24, 2.45) is 0 Å². The van der Waals surface area contributed by atoms with Gasteiger partial charge in [-0.15, -0.1) is 0 Å². The van der Waals surface area contributed by atoms with Crippen LogP contribution in [0.2, 0.25) is 0 Å². The Morgan fingerprint density at radius 2 is 1.00 bits per heavy atom. The fourth-order valence-electron chi connectivity index (χ4n) is 1.53. The lowest BCUT2D eigenvalue weighted by Gasteiger charge is -2.42. The summed E-state index contributed by atoms with van der Waals surface area (Å²) in [6.45, 7) is -2.30. The van der Waals surface area contributed by atoms with E-state index in [1.54, 1.807) is 0 Å². The maximum Gasteiger partial charge on any atom is 0.385 e. The fraction of sp³-hybridized carbons (Fsp3) is 0.917. The van der Waals surface area contributed by atoms with E-state index in [0.717, 1.165) is 6.92 Å². The summed E-state index contributed by atoms with van der Waals surface area (Å²) < 4.78 is 211. The molecule has 30 heavy (non-hydrogen) atoms. The van der Waals surface area contributed by atoms with Crippen molar-refractivity contribution >= 4 is 5.97 Å². The zero-order chi connectivity index (χ0) is 24.8. The lowest BCUT2D eigenvalue weighted by molar-refractivity contribution is -0.447. The SMILES string of the molecule is CCC(=O)OCC(F)(F)C(F)(F)C(F)(F)C(F)(F)C(F)(F)C(F)(F)C(F)(F)C(F)F. The lowest BCUT2D eigenvalue weighted by Crippen LogP contribution is -2.74. The highest BCUT2D eigenvalue weighted by atomic mass is 19.4. The number of ether oxygens (including phenoxy) is 1. The third-order valence-corrected chi connectivity index (χ3v) is 3.43. The van der Waals surface area contributed by atoms with Gasteiger partial charge in [0.25, 0.3) is 0 Å². The van der Waals surface area contributed by atoms with Crippen molar-refractivity contribution in [3.8, 4) is 0 Å². The van der Waals surface area contributed by atoms with Crippen molar-refractivity contribution in [2.45, 2.75) is 61.2 Å². The van der Waals surface area contributed by atoms with Gasteiger partial charge in [0, 0.05) is 6.42 Å². The highest BCUT2D eigenvalue weighted by Gasteiger charge is 2.93. The van der Waals surface area contributed by atoms with E-state index >= 15 is 0 Å². The smallest absolute Gasteiger partial charge is 0.385 e. The molecule has 180 valence electrons. The van der Waals surface area contributed by atoms with Crippen LogP contribution in [0.1, 0.15) is 13.3 Å².